The van der Waals surface area contributed by atoms with E-state index in [1.807, 2.05) is 20.8 Å². The lowest BCUT2D eigenvalue weighted by molar-refractivity contribution is 0.0503. The van der Waals surface area contributed by atoms with Gasteiger partial charge in [0.2, 0.25) is 0 Å². The number of carbonyl (C=O) groups is 1. The van der Waals surface area contributed by atoms with Crippen LogP contribution in [0.5, 0.6) is 0 Å². The van der Waals surface area contributed by atoms with E-state index < -0.39 is 5.60 Å². The largest absolute Gasteiger partial charge is 0.444 e. The topological polar surface area (TPSA) is 38.3 Å². The molecule has 1 saturated carbocycles. The van der Waals surface area contributed by atoms with E-state index in [-0.39, 0.29) is 12.1 Å². The summed E-state index contributed by atoms with van der Waals surface area (Å²) in [5.74, 6) is 0.697. The molecule has 0 aromatic heterocycles. The number of rotatable bonds is 2. The zero-order valence-corrected chi connectivity index (χ0v) is 12.1. The Labute approximate surface area is 105 Å². The first-order chi connectivity index (χ1) is 7.64. The molecule has 0 heterocycles. The molecule has 1 amide bonds. The SMILES string of the molecule is CC[C@@H]1C[C@H](NC(=O)OC(C)(C)C)CC1(C)C. The first-order valence-electron chi connectivity index (χ1n) is 6.63. The Bertz CT molecular complexity index is 278. The number of ether oxygens (including phenoxy) is 1. The maximum atomic E-state index is 11.7. The molecule has 0 radical (unpaired) electrons. The first kappa shape index (κ1) is 14.3. The molecular formula is C14H27NO2. The normalized spacial score (nSPS) is 27.9. The Morgan fingerprint density at radius 3 is 2.41 bits per heavy atom. The summed E-state index contributed by atoms with van der Waals surface area (Å²) >= 11 is 0. The molecular weight excluding hydrogens is 214 g/mol. The molecule has 3 heteroatoms. The smallest absolute Gasteiger partial charge is 0.407 e. The lowest BCUT2D eigenvalue weighted by atomic mass is 9.80. The second-order valence-electron chi connectivity index (χ2n) is 6.88. The van der Waals surface area contributed by atoms with Gasteiger partial charge in [-0.25, -0.2) is 4.79 Å². The van der Waals surface area contributed by atoms with Gasteiger partial charge in [-0.2, -0.15) is 0 Å². The highest BCUT2D eigenvalue weighted by Crippen LogP contribution is 2.44. The molecule has 0 aromatic carbocycles. The first-order valence-corrected chi connectivity index (χ1v) is 6.63. The third kappa shape index (κ3) is 4.21. The van der Waals surface area contributed by atoms with Gasteiger partial charge in [0, 0.05) is 6.04 Å². The molecule has 17 heavy (non-hydrogen) atoms. The van der Waals surface area contributed by atoms with Gasteiger partial charge >= 0.3 is 6.09 Å². The molecule has 1 aliphatic carbocycles. The Hall–Kier alpha value is -0.730. The van der Waals surface area contributed by atoms with Crippen molar-refractivity contribution in [2.45, 2.75) is 72.4 Å². The summed E-state index contributed by atoms with van der Waals surface area (Å²) in [7, 11) is 0. The third-order valence-corrected chi connectivity index (χ3v) is 3.66. The standard InChI is InChI=1S/C14H27NO2/c1-7-10-8-11(9-14(10,5)6)15-12(16)17-13(2,3)4/h10-11H,7-9H2,1-6H3,(H,15,16)/t10-,11+/m1/s1. The number of amides is 1. The van der Waals surface area contributed by atoms with Crippen molar-refractivity contribution in [3.63, 3.8) is 0 Å². The minimum atomic E-state index is -0.414. The Morgan fingerprint density at radius 1 is 1.41 bits per heavy atom. The summed E-state index contributed by atoms with van der Waals surface area (Å²) in [5, 5.41) is 2.99. The zero-order valence-electron chi connectivity index (χ0n) is 12.1. The number of hydrogen-bond acceptors (Lipinski definition) is 2. The van der Waals surface area contributed by atoms with E-state index in [1.165, 1.54) is 6.42 Å². The fourth-order valence-corrected chi connectivity index (χ4v) is 2.85. The summed E-state index contributed by atoms with van der Waals surface area (Å²) in [6, 6.07) is 0.268. The zero-order chi connectivity index (χ0) is 13.3. The van der Waals surface area contributed by atoms with Crippen LogP contribution in [-0.4, -0.2) is 17.7 Å². The highest BCUT2D eigenvalue weighted by Gasteiger charge is 2.40. The number of hydrogen-bond donors (Lipinski definition) is 1. The minimum Gasteiger partial charge on any atom is -0.444 e. The summed E-state index contributed by atoms with van der Waals surface area (Å²) in [4.78, 5) is 11.7. The highest BCUT2D eigenvalue weighted by atomic mass is 16.6. The summed E-state index contributed by atoms with van der Waals surface area (Å²) in [5.41, 5.74) is -0.0865. The molecule has 0 unspecified atom stereocenters. The molecule has 2 atom stereocenters. The number of nitrogens with one attached hydrogen (secondary N) is 1. The van der Waals surface area contributed by atoms with E-state index in [1.54, 1.807) is 0 Å². The molecule has 100 valence electrons. The molecule has 0 aromatic rings. The Morgan fingerprint density at radius 2 is 2.00 bits per heavy atom. The van der Waals surface area contributed by atoms with Crippen molar-refractivity contribution < 1.29 is 9.53 Å². The molecule has 1 fully saturated rings. The second-order valence-corrected chi connectivity index (χ2v) is 6.88. The van der Waals surface area contributed by atoms with Crippen molar-refractivity contribution in [3.8, 4) is 0 Å². The molecule has 0 spiro atoms. The Kier molecular flexibility index (Phi) is 4.11. The predicted molar refractivity (Wildman–Crippen MR) is 70.0 cm³/mol. The lowest BCUT2D eigenvalue weighted by Gasteiger charge is -2.25. The molecule has 3 nitrogen and oxygen atoms in total. The molecule has 1 rings (SSSR count). The maximum absolute atomic E-state index is 11.7. The van der Waals surface area contributed by atoms with Crippen LogP contribution in [0.25, 0.3) is 0 Å². The van der Waals surface area contributed by atoms with Crippen molar-refractivity contribution in [3.05, 3.63) is 0 Å². The van der Waals surface area contributed by atoms with E-state index in [0.29, 0.717) is 11.3 Å². The average Bonchev–Trinajstić information content (AvgIpc) is 2.36. The van der Waals surface area contributed by atoms with Crippen molar-refractivity contribution in [1.82, 2.24) is 5.32 Å². The quantitative estimate of drug-likeness (QED) is 0.800. The van der Waals surface area contributed by atoms with Crippen LogP contribution in [0.15, 0.2) is 0 Å². The van der Waals surface area contributed by atoms with Gasteiger partial charge in [-0.05, 0) is 44.9 Å². The highest BCUT2D eigenvalue weighted by molar-refractivity contribution is 5.68. The summed E-state index contributed by atoms with van der Waals surface area (Å²) in [6.07, 6.45) is 3.02. The van der Waals surface area contributed by atoms with Gasteiger partial charge in [-0.15, -0.1) is 0 Å². The molecule has 1 N–H and O–H groups in total. The predicted octanol–water partition coefficient (Wildman–Crippen LogP) is 3.73. The van der Waals surface area contributed by atoms with Crippen molar-refractivity contribution in [2.24, 2.45) is 11.3 Å². The van der Waals surface area contributed by atoms with E-state index in [4.69, 9.17) is 4.74 Å². The number of alkyl carbamates (subject to hydrolysis) is 1. The van der Waals surface area contributed by atoms with Crippen LogP contribution in [0.3, 0.4) is 0 Å². The fraction of sp³-hybridized carbons (Fsp3) is 0.929. The van der Waals surface area contributed by atoms with Gasteiger partial charge < -0.3 is 10.1 Å². The van der Waals surface area contributed by atoms with Crippen LogP contribution < -0.4 is 5.32 Å². The van der Waals surface area contributed by atoms with Gasteiger partial charge in [-0.3, -0.25) is 0 Å². The van der Waals surface area contributed by atoms with Crippen LogP contribution >= 0.6 is 0 Å². The lowest BCUT2D eigenvalue weighted by Crippen LogP contribution is -2.38. The molecule has 0 aliphatic heterocycles. The maximum Gasteiger partial charge on any atom is 0.407 e. The monoisotopic (exact) mass is 241 g/mol. The van der Waals surface area contributed by atoms with E-state index in [9.17, 15) is 4.79 Å². The van der Waals surface area contributed by atoms with Crippen molar-refractivity contribution >= 4 is 6.09 Å². The third-order valence-electron chi connectivity index (χ3n) is 3.66. The van der Waals surface area contributed by atoms with Crippen molar-refractivity contribution in [1.29, 1.82) is 0 Å². The van der Waals surface area contributed by atoms with Gasteiger partial charge in [0.15, 0.2) is 0 Å². The summed E-state index contributed by atoms with van der Waals surface area (Å²) < 4.78 is 5.29. The molecule has 0 saturated heterocycles. The van der Waals surface area contributed by atoms with E-state index in [0.717, 1.165) is 12.8 Å². The molecule has 1 aliphatic rings. The fourth-order valence-electron chi connectivity index (χ4n) is 2.85. The number of carbonyl (C=O) groups excluding carboxylic acids is 1. The average molecular weight is 241 g/mol. The van der Waals surface area contributed by atoms with Crippen LogP contribution in [0, 0.1) is 11.3 Å². The second kappa shape index (κ2) is 4.87. The van der Waals surface area contributed by atoms with Crippen LogP contribution in [-0.2, 0) is 4.74 Å². The van der Waals surface area contributed by atoms with Gasteiger partial charge in [0.05, 0.1) is 0 Å². The van der Waals surface area contributed by atoms with E-state index >= 15 is 0 Å². The van der Waals surface area contributed by atoms with E-state index in [2.05, 4.69) is 26.1 Å². The van der Waals surface area contributed by atoms with Gasteiger partial charge in [0.25, 0.3) is 0 Å². The van der Waals surface area contributed by atoms with Gasteiger partial charge in [-0.1, -0.05) is 27.2 Å². The van der Waals surface area contributed by atoms with Crippen molar-refractivity contribution in [2.75, 3.05) is 0 Å². The Balaban J connectivity index is 2.47. The van der Waals surface area contributed by atoms with Crippen LogP contribution in [0.4, 0.5) is 4.79 Å². The molecule has 0 bridgehead atoms. The van der Waals surface area contributed by atoms with Crippen LogP contribution in [0.2, 0.25) is 0 Å². The van der Waals surface area contributed by atoms with Crippen LogP contribution in [0.1, 0.15) is 60.8 Å². The van der Waals surface area contributed by atoms with Gasteiger partial charge in [0.1, 0.15) is 5.60 Å². The minimum absolute atomic E-state index is 0.268. The summed E-state index contributed by atoms with van der Waals surface area (Å²) in [6.45, 7) is 12.5.